The van der Waals surface area contributed by atoms with Crippen LogP contribution in [0.5, 0.6) is 0 Å². The summed E-state index contributed by atoms with van der Waals surface area (Å²) in [6.07, 6.45) is 0. The Labute approximate surface area is 93.5 Å². The summed E-state index contributed by atoms with van der Waals surface area (Å²) in [4.78, 5) is 24.0. The Morgan fingerprint density at radius 1 is 1.38 bits per heavy atom. The zero-order chi connectivity index (χ0) is 11.7. The second kappa shape index (κ2) is 3.96. The van der Waals surface area contributed by atoms with Gasteiger partial charge in [0.05, 0.1) is 6.54 Å². The minimum Gasteiger partial charge on any atom is -0.481 e. The van der Waals surface area contributed by atoms with Crippen LogP contribution in [0.25, 0.3) is 0 Å². The molecule has 1 aromatic rings. The van der Waals surface area contributed by atoms with Crippen molar-refractivity contribution < 1.29 is 14.7 Å². The number of aliphatic carboxylic acids is 1. The van der Waals surface area contributed by atoms with Gasteiger partial charge < -0.3 is 10.0 Å². The lowest BCUT2D eigenvalue weighted by Crippen LogP contribution is -2.23. The van der Waals surface area contributed by atoms with Crippen molar-refractivity contribution in [2.45, 2.75) is 6.92 Å². The van der Waals surface area contributed by atoms with Crippen molar-refractivity contribution in [1.82, 2.24) is 0 Å². The largest absolute Gasteiger partial charge is 0.481 e. The highest BCUT2D eigenvalue weighted by molar-refractivity contribution is 6.03. The highest BCUT2D eigenvalue weighted by Gasteiger charge is 2.36. The summed E-state index contributed by atoms with van der Waals surface area (Å²) in [6.45, 7) is 2.45. The highest BCUT2D eigenvalue weighted by Crippen LogP contribution is 2.22. The molecule has 0 spiro atoms. The van der Waals surface area contributed by atoms with E-state index in [2.05, 4.69) is 0 Å². The lowest BCUT2D eigenvalue weighted by atomic mass is 10.1. The molecule has 0 amide bonds. The molecule has 0 saturated carbocycles. The first-order valence-corrected chi connectivity index (χ1v) is 5.15. The molecule has 0 radical (unpaired) electrons. The Balaban J connectivity index is 2.16. The molecule has 0 bridgehead atoms. The molecule has 1 N–H and O–H groups in total. The molecule has 1 fully saturated rings. The summed E-state index contributed by atoms with van der Waals surface area (Å²) in [5.74, 6) is -2.12. The molecule has 1 unspecified atom stereocenters. The fourth-order valence-electron chi connectivity index (χ4n) is 1.85. The number of hydrogen-bond donors (Lipinski definition) is 1. The van der Waals surface area contributed by atoms with Crippen LogP contribution in [0, 0.1) is 12.8 Å². The van der Waals surface area contributed by atoms with Crippen LogP contribution in [0.4, 0.5) is 5.69 Å². The average Bonchev–Trinajstić information content (AvgIpc) is 2.61. The number of carbonyl (C=O) groups is 2. The first-order valence-electron chi connectivity index (χ1n) is 5.15. The molecule has 1 saturated heterocycles. The maximum atomic E-state index is 11.4. The van der Waals surface area contributed by atoms with Gasteiger partial charge in [-0.25, -0.2) is 0 Å². The van der Waals surface area contributed by atoms with Crippen molar-refractivity contribution in [1.29, 1.82) is 0 Å². The van der Waals surface area contributed by atoms with Crippen LogP contribution in [-0.2, 0) is 9.59 Å². The van der Waals surface area contributed by atoms with E-state index in [0.29, 0.717) is 0 Å². The number of hydrogen-bond acceptors (Lipinski definition) is 3. The molecule has 0 aromatic heterocycles. The van der Waals surface area contributed by atoms with Gasteiger partial charge in [0.15, 0.2) is 5.78 Å². The molecule has 16 heavy (non-hydrogen) atoms. The summed E-state index contributed by atoms with van der Waals surface area (Å²) in [7, 11) is 0. The SMILES string of the molecule is Cc1ccc(N2CC(=O)C(C(=O)O)C2)cc1. The van der Waals surface area contributed by atoms with E-state index >= 15 is 0 Å². The summed E-state index contributed by atoms with van der Waals surface area (Å²) < 4.78 is 0. The number of benzene rings is 1. The maximum Gasteiger partial charge on any atom is 0.315 e. The number of carbonyl (C=O) groups excluding carboxylic acids is 1. The molecule has 0 aliphatic carbocycles. The normalized spacial score (nSPS) is 20.2. The van der Waals surface area contributed by atoms with Crippen molar-refractivity contribution in [3.63, 3.8) is 0 Å². The first-order chi connectivity index (χ1) is 7.58. The molecular formula is C12H13NO3. The third-order valence-corrected chi connectivity index (χ3v) is 2.84. The second-order valence-corrected chi connectivity index (χ2v) is 4.07. The number of anilines is 1. The second-order valence-electron chi connectivity index (χ2n) is 4.07. The molecule has 2 rings (SSSR count). The Morgan fingerprint density at radius 2 is 2.00 bits per heavy atom. The number of nitrogens with zero attached hydrogens (tertiary/aromatic N) is 1. The van der Waals surface area contributed by atoms with Gasteiger partial charge in [0.2, 0.25) is 0 Å². The van der Waals surface area contributed by atoms with E-state index in [1.165, 1.54) is 0 Å². The lowest BCUT2D eigenvalue weighted by molar-refractivity contribution is -0.144. The number of ketones is 1. The molecule has 1 heterocycles. The zero-order valence-electron chi connectivity index (χ0n) is 9.01. The van der Waals surface area contributed by atoms with Crippen molar-refractivity contribution >= 4 is 17.4 Å². The molecular weight excluding hydrogens is 206 g/mol. The van der Waals surface area contributed by atoms with Crippen LogP contribution in [0.15, 0.2) is 24.3 Å². The zero-order valence-corrected chi connectivity index (χ0v) is 9.01. The van der Waals surface area contributed by atoms with Crippen LogP contribution in [0.3, 0.4) is 0 Å². The predicted octanol–water partition coefficient (Wildman–Crippen LogP) is 1.08. The molecule has 4 nitrogen and oxygen atoms in total. The predicted molar refractivity (Wildman–Crippen MR) is 59.5 cm³/mol. The summed E-state index contributed by atoms with van der Waals surface area (Å²) in [5.41, 5.74) is 2.05. The Morgan fingerprint density at radius 3 is 2.50 bits per heavy atom. The van der Waals surface area contributed by atoms with E-state index < -0.39 is 11.9 Å². The maximum absolute atomic E-state index is 11.4. The Hall–Kier alpha value is -1.84. The van der Waals surface area contributed by atoms with E-state index in [1.807, 2.05) is 31.2 Å². The van der Waals surface area contributed by atoms with E-state index in [0.717, 1.165) is 11.3 Å². The minimum absolute atomic E-state index is 0.194. The smallest absolute Gasteiger partial charge is 0.315 e. The first kappa shape index (κ1) is 10.7. The fraction of sp³-hybridized carbons (Fsp3) is 0.333. The number of rotatable bonds is 2. The molecule has 84 valence electrons. The van der Waals surface area contributed by atoms with Gasteiger partial charge in [0.25, 0.3) is 0 Å². The van der Waals surface area contributed by atoms with Crippen LogP contribution < -0.4 is 4.90 Å². The monoisotopic (exact) mass is 219 g/mol. The van der Waals surface area contributed by atoms with Gasteiger partial charge in [0, 0.05) is 12.2 Å². The summed E-state index contributed by atoms with van der Waals surface area (Å²) in [5, 5.41) is 8.84. The summed E-state index contributed by atoms with van der Waals surface area (Å²) in [6, 6.07) is 7.72. The van der Waals surface area contributed by atoms with Gasteiger partial charge >= 0.3 is 5.97 Å². The van der Waals surface area contributed by atoms with E-state index in [4.69, 9.17) is 5.11 Å². The Kier molecular flexibility index (Phi) is 2.64. The number of aryl methyl sites for hydroxylation is 1. The quantitative estimate of drug-likeness (QED) is 0.756. The van der Waals surface area contributed by atoms with Gasteiger partial charge in [-0.05, 0) is 19.1 Å². The van der Waals surface area contributed by atoms with E-state index in [1.54, 1.807) is 4.90 Å². The molecule has 4 heteroatoms. The topological polar surface area (TPSA) is 57.6 Å². The van der Waals surface area contributed by atoms with Crippen LogP contribution in [0.1, 0.15) is 5.56 Å². The van der Waals surface area contributed by atoms with Crippen LogP contribution in [-0.4, -0.2) is 29.9 Å². The van der Waals surface area contributed by atoms with Crippen molar-refractivity contribution in [2.75, 3.05) is 18.0 Å². The Bertz CT molecular complexity index is 424. The molecule has 1 aromatic carbocycles. The van der Waals surface area contributed by atoms with Crippen molar-refractivity contribution in [3.8, 4) is 0 Å². The number of carboxylic acid groups (broad SMARTS) is 1. The van der Waals surface area contributed by atoms with Gasteiger partial charge in [0.1, 0.15) is 5.92 Å². The van der Waals surface area contributed by atoms with Gasteiger partial charge in [-0.15, -0.1) is 0 Å². The summed E-state index contributed by atoms with van der Waals surface area (Å²) >= 11 is 0. The highest BCUT2D eigenvalue weighted by atomic mass is 16.4. The van der Waals surface area contributed by atoms with Crippen molar-refractivity contribution in [3.05, 3.63) is 29.8 Å². The molecule has 1 aliphatic rings. The van der Waals surface area contributed by atoms with Gasteiger partial charge in [-0.2, -0.15) is 0 Å². The van der Waals surface area contributed by atoms with Gasteiger partial charge in [-0.1, -0.05) is 17.7 Å². The van der Waals surface area contributed by atoms with E-state index in [9.17, 15) is 9.59 Å². The molecule has 1 atom stereocenters. The van der Waals surface area contributed by atoms with Crippen LogP contribution in [0.2, 0.25) is 0 Å². The number of carboxylic acids is 1. The third kappa shape index (κ3) is 1.91. The number of Topliss-reactive ketones (excluding diaryl/α,β-unsaturated/α-hetero) is 1. The van der Waals surface area contributed by atoms with Gasteiger partial charge in [-0.3, -0.25) is 9.59 Å². The molecule has 1 aliphatic heterocycles. The van der Waals surface area contributed by atoms with E-state index in [-0.39, 0.29) is 18.9 Å². The lowest BCUT2D eigenvalue weighted by Gasteiger charge is -2.16. The standard InChI is InChI=1S/C12H13NO3/c1-8-2-4-9(5-3-8)13-6-10(12(15)16)11(14)7-13/h2-5,10H,6-7H2,1H3,(H,15,16). The average molecular weight is 219 g/mol. The third-order valence-electron chi connectivity index (χ3n) is 2.84. The van der Waals surface area contributed by atoms with Crippen LogP contribution >= 0.6 is 0 Å². The fourth-order valence-corrected chi connectivity index (χ4v) is 1.85. The minimum atomic E-state index is -1.03. The van der Waals surface area contributed by atoms with Crippen molar-refractivity contribution in [2.24, 2.45) is 5.92 Å².